The Morgan fingerprint density at radius 3 is 2.89 bits per heavy atom. The second-order valence-corrected chi connectivity index (χ2v) is 5.77. The van der Waals surface area contributed by atoms with Gasteiger partial charge in [-0.25, -0.2) is 0 Å². The molecule has 1 aromatic carbocycles. The maximum absolute atomic E-state index is 12.0. The van der Waals surface area contributed by atoms with Crippen LogP contribution in [0.3, 0.4) is 0 Å². The Morgan fingerprint density at radius 1 is 1.50 bits per heavy atom. The Balaban J connectivity index is 1.95. The first kappa shape index (κ1) is 13.6. The van der Waals surface area contributed by atoms with Gasteiger partial charge in [-0.2, -0.15) is 0 Å². The van der Waals surface area contributed by atoms with Crippen LogP contribution in [0.5, 0.6) is 0 Å². The summed E-state index contributed by atoms with van der Waals surface area (Å²) < 4.78 is 6.42. The van der Waals surface area contributed by atoms with E-state index >= 15 is 0 Å². The summed E-state index contributed by atoms with van der Waals surface area (Å²) in [5.74, 6) is 0.417. The maximum atomic E-state index is 12.0. The molecule has 2 unspecified atom stereocenters. The highest BCUT2D eigenvalue weighted by Crippen LogP contribution is 2.20. The number of hydrogen-bond acceptors (Lipinski definition) is 2. The van der Waals surface area contributed by atoms with E-state index in [1.165, 1.54) is 0 Å². The molecule has 1 fully saturated rings. The van der Waals surface area contributed by atoms with Crippen LogP contribution in [0.2, 0.25) is 0 Å². The third-order valence-electron chi connectivity index (χ3n) is 3.36. The molecule has 0 saturated carbocycles. The number of hydrogen-bond donors (Lipinski definition) is 1. The molecule has 1 saturated heterocycles. The second-order valence-electron chi connectivity index (χ2n) is 4.85. The molecule has 0 spiro atoms. The molecule has 1 aliphatic rings. The van der Waals surface area contributed by atoms with E-state index in [2.05, 4.69) is 28.2 Å². The van der Waals surface area contributed by atoms with Crippen LogP contribution in [0, 0.1) is 12.8 Å². The molecule has 0 bridgehead atoms. The number of carbonyl (C=O) groups excluding carboxylic acids is 1. The minimum absolute atomic E-state index is 0.0153. The van der Waals surface area contributed by atoms with Gasteiger partial charge in [0.2, 0.25) is 0 Å². The normalized spacial score (nSPS) is 23.1. The highest BCUT2D eigenvalue weighted by molar-refractivity contribution is 9.10. The number of rotatable bonds is 3. The quantitative estimate of drug-likeness (QED) is 0.932. The van der Waals surface area contributed by atoms with E-state index in [9.17, 15) is 4.79 Å². The van der Waals surface area contributed by atoms with Crippen LogP contribution in [-0.4, -0.2) is 25.2 Å². The van der Waals surface area contributed by atoms with Crippen LogP contribution >= 0.6 is 15.9 Å². The summed E-state index contributed by atoms with van der Waals surface area (Å²) in [6.45, 7) is 5.53. The Kier molecular flexibility index (Phi) is 4.40. The number of ether oxygens (including phenoxy) is 1. The Bertz CT molecular complexity index is 427. The first-order valence-electron chi connectivity index (χ1n) is 6.23. The number of benzene rings is 1. The molecule has 0 aromatic heterocycles. The van der Waals surface area contributed by atoms with Gasteiger partial charge in [-0.15, -0.1) is 0 Å². The van der Waals surface area contributed by atoms with Crippen LogP contribution < -0.4 is 5.32 Å². The predicted molar refractivity (Wildman–Crippen MR) is 74.7 cm³/mol. The molecule has 18 heavy (non-hydrogen) atoms. The molecular weight excluding hydrogens is 294 g/mol. The number of halogens is 1. The van der Waals surface area contributed by atoms with Gasteiger partial charge in [-0.1, -0.05) is 15.9 Å². The molecule has 98 valence electrons. The maximum Gasteiger partial charge on any atom is 0.251 e. The van der Waals surface area contributed by atoms with Crippen molar-refractivity contribution >= 4 is 21.8 Å². The number of carbonyl (C=O) groups is 1. The lowest BCUT2D eigenvalue weighted by Crippen LogP contribution is -2.32. The van der Waals surface area contributed by atoms with Crippen molar-refractivity contribution in [3.8, 4) is 0 Å². The van der Waals surface area contributed by atoms with Gasteiger partial charge in [0, 0.05) is 29.1 Å². The lowest BCUT2D eigenvalue weighted by molar-refractivity contribution is 0.0907. The van der Waals surface area contributed by atoms with Gasteiger partial charge in [-0.05, 0) is 44.0 Å². The van der Waals surface area contributed by atoms with Gasteiger partial charge in [0.15, 0.2) is 0 Å². The summed E-state index contributed by atoms with van der Waals surface area (Å²) in [4.78, 5) is 12.0. The summed E-state index contributed by atoms with van der Waals surface area (Å²) in [5, 5.41) is 2.99. The molecule has 2 rings (SSSR count). The molecular formula is C14H18BrNO2. The summed E-state index contributed by atoms with van der Waals surface area (Å²) >= 11 is 3.41. The van der Waals surface area contributed by atoms with Gasteiger partial charge < -0.3 is 10.1 Å². The molecule has 1 aromatic rings. The van der Waals surface area contributed by atoms with Crippen molar-refractivity contribution in [2.24, 2.45) is 5.92 Å². The average Bonchev–Trinajstić information content (AvgIpc) is 2.70. The van der Waals surface area contributed by atoms with Crippen molar-refractivity contribution in [3.63, 3.8) is 0 Å². The Morgan fingerprint density at radius 2 is 2.28 bits per heavy atom. The fraction of sp³-hybridized carbons (Fsp3) is 0.500. The molecule has 3 nitrogen and oxygen atoms in total. The zero-order valence-corrected chi connectivity index (χ0v) is 12.3. The van der Waals surface area contributed by atoms with Gasteiger partial charge in [-0.3, -0.25) is 4.79 Å². The average molecular weight is 312 g/mol. The molecule has 0 radical (unpaired) electrons. The van der Waals surface area contributed by atoms with Crippen molar-refractivity contribution in [3.05, 3.63) is 33.8 Å². The van der Waals surface area contributed by atoms with Crippen LogP contribution in [0.25, 0.3) is 0 Å². The van der Waals surface area contributed by atoms with Crippen molar-refractivity contribution in [1.29, 1.82) is 0 Å². The molecule has 1 heterocycles. The van der Waals surface area contributed by atoms with Gasteiger partial charge in [0.1, 0.15) is 0 Å². The zero-order valence-electron chi connectivity index (χ0n) is 10.7. The fourth-order valence-corrected chi connectivity index (χ4v) is 2.85. The lowest BCUT2D eigenvalue weighted by Gasteiger charge is -2.15. The van der Waals surface area contributed by atoms with Crippen molar-refractivity contribution < 1.29 is 9.53 Å². The van der Waals surface area contributed by atoms with Crippen molar-refractivity contribution in [2.75, 3.05) is 13.2 Å². The number of nitrogens with one attached hydrogen (secondary N) is 1. The fourth-order valence-electron chi connectivity index (χ4n) is 2.24. The molecule has 4 heteroatoms. The van der Waals surface area contributed by atoms with E-state index in [0.29, 0.717) is 18.0 Å². The minimum atomic E-state index is -0.0153. The molecule has 0 aliphatic carbocycles. The number of amides is 1. The van der Waals surface area contributed by atoms with E-state index < -0.39 is 0 Å². The Labute approximate surface area is 116 Å². The van der Waals surface area contributed by atoms with E-state index in [-0.39, 0.29) is 12.0 Å². The monoisotopic (exact) mass is 311 g/mol. The van der Waals surface area contributed by atoms with E-state index in [1.807, 2.05) is 25.1 Å². The van der Waals surface area contributed by atoms with E-state index in [0.717, 1.165) is 23.1 Å². The highest BCUT2D eigenvalue weighted by atomic mass is 79.9. The van der Waals surface area contributed by atoms with Crippen LogP contribution in [-0.2, 0) is 4.74 Å². The summed E-state index contributed by atoms with van der Waals surface area (Å²) in [7, 11) is 0. The van der Waals surface area contributed by atoms with E-state index in [4.69, 9.17) is 4.74 Å². The van der Waals surface area contributed by atoms with Crippen molar-refractivity contribution in [2.45, 2.75) is 26.4 Å². The minimum Gasteiger partial charge on any atom is -0.378 e. The third kappa shape index (κ3) is 3.33. The number of aryl methyl sites for hydroxylation is 1. The third-order valence-corrected chi connectivity index (χ3v) is 3.82. The summed E-state index contributed by atoms with van der Waals surface area (Å²) in [6.07, 6.45) is 1.27. The van der Waals surface area contributed by atoms with Gasteiger partial charge in [0.25, 0.3) is 5.91 Å². The standard InChI is InChI=1S/C14H18BrNO2/c1-9-5-12(7-13(15)6-9)14(17)16-8-11-3-4-18-10(11)2/h5-7,10-11H,3-4,8H2,1-2H3,(H,16,17). The Hall–Kier alpha value is -0.870. The lowest BCUT2D eigenvalue weighted by atomic mass is 10.0. The first-order valence-corrected chi connectivity index (χ1v) is 7.02. The SMILES string of the molecule is Cc1cc(Br)cc(C(=O)NCC2CCOC2C)c1. The largest absolute Gasteiger partial charge is 0.378 e. The summed E-state index contributed by atoms with van der Waals surface area (Å²) in [5.41, 5.74) is 1.78. The van der Waals surface area contributed by atoms with Gasteiger partial charge >= 0.3 is 0 Å². The predicted octanol–water partition coefficient (Wildman–Crippen LogP) is 2.91. The molecule has 1 amide bonds. The highest BCUT2D eigenvalue weighted by Gasteiger charge is 2.24. The first-order chi connectivity index (χ1) is 8.56. The van der Waals surface area contributed by atoms with Gasteiger partial charge in [0.05, 0.1) is 6.10 Å². The van der Waals surface area contributed by atoms with Crippen molar-refractivity contribution in [1.82, 2.24) is 5.32 Å². The van der Waals surface area contributed by atoms with Crippen LogP contribution in [0.1, 0.15) is 29.3 Å². The second kappa shape index (κ2) is 5.85. The van der Waals surface area contributed by atoms with Crippen LogP contribution in [0.4, 0.5) is 0 Å². The molecule has 1 aliphatic heterocycles. The zero-order chi connectivity index (χ0) is 13.1. The summed E-state index contributed by atoms with van der Waals surface area (Å²) in [6, 6.07) is 5.73. The van der Waals surface area contributed by atoms with E-state index in [1.54, 1.807) is 0 Å². The molecule has 2 atom stereocenters. The smallest absolute Gasteiger partial charge is 0.251 e. The van der Waals surface area contributed by atoms with Crippen LogP contribution in [0.15, 0.2) is 22.7 Å². The molecule has 1 N–H and O–H groups in total. The topological polar surface area (TPSA) is 38.3 Å².